The molecule has 0 aliphatic heterocycles. The Labute approximate surface area is 111 Å². The van der Waals surface area contributed by atoms with Crippen molar-refractivity contribution in [2.24, 2.45) is 0 Å². The Morgan fingerprint density at radius 2 is 2.11 bits per heavy atom. The van der Waals surface area contributed by atoms with Crippen molar-refractivity contribution >= 4 is 17.7 Å². The summed E-state index contributed by atoms with van der Waals surface area (Å²) in [6.07, 6.45) is 0.321. The van der Waals surface area contributed by atoms with Gasteiger partial charge in [0.2, 0.25) is 0 Å². The van der Waals surface area contributed by atoms with E-state index in [-0.39, 0.29) is 0 Å². The van der Waals surface area contributed by atoms with Crippen molar-refractivity contribution < 1.29 is 19.4 Å². The minimum absolute atomic E-state index is 0.321. The van der Waals surface area contributed by atoms with E-state index >= 15 is 0 Å². The molecule has 6 heteroatoms. The summed E-state index contributed by atoms with van der Waals surface area (Å²) in [6, 6.07) is 5.44. The fourth-order valence-corrected chi connectivity index (χ4v) is 1.49. The number of carboxylic acids is 1. The van der Waals surface area contributed by atoms with Gasteiger partial charge in [0.1, 0.15) is 11.8 Å². The molecular formula is C13H18N2O4. The van der Waals surface area contributed by atoms with Gasteiger partial charge < -0.3 is 20.5 Å². The number of ether oxygens (including phenoxy) is 1. The fraction of sp³-hybridized carbons (Fsp3) is 0.385. The molecular weight excluding hydrogens is 248 g/mol. The summed E-state index contributed by atoms with van der Waals surface area (Å²) >= 11 is 0. The first-order valence-electron chi connectivity index (χ1n) is 6.10. The van der Waals surface area contributed by atoms with E-state index in [2.05, 4.69) is 10.6 Å². The number of urea groups is 1. The molecule has 0 fully saturated rings. The lowest BCUT2D eigenvalue weighted by Gasteiger charge is -2.13. The lowest BCUT2D eigenvalue weighted by Crippen LogP contribution is -2.42. The number of hydrogen-bond acceptors (Lipinski definition) is 3. The maximum absolute atomic E-state index is 11.6. The maximum Gasteiger partial charge on any atom is 0.326 e. The Hall–Kier alpha value is -2.24. The highest BCUT2D eigenvalue weighted by molar-refractivity contribution is 5.92. The molecule has 0 saturated heterocycles. The topological polar surface area (TPSA) is 87.7 Å². The first kappa shape index (κ1) is 14.8. The Morgan fingerprint density at radius 1 is 1.37 bits per heavy atom. The summed E-state index contributed by atoms with van der Waals surface area (Å²) in [5, 5.41) is 13.8. The number of anilines is 1. The van der Waals surface area contributed by atoms with Crippen LogP contribution in [0.4, 0.5) is 10.5 Å². The number of carbonyl (C=O) groups is 2. The average Bonchev–Trinajstić information content (AvgIpc) is 2.36. The Bertz CT molecular complexity index is 448. The first-order chi connectivity index (χ1) is 9.06. The molecule has 1 aromatic carbocycles. The van der Waals surface area contributed by atoms with Crippen molar-refractivity contribution in [3.8, 4) is 5.75 Å². The van der Waals surface area contributed by atoms with Gasteiger partial charge in [-0.1, -0.05) is 13.0 Å². The summed E-state index contributed by atoms with van der Waals surface area (Å²) in [6.45, 7) is 4.09. The van der Waals surface area contributed by atoms with Crippen LogP contribution >= 0.6 is 0 Å². The zero-order chi connectivity index (χ0) is 14.3. The van der Waals surface area contributed by atoms with Gasteiger partial charge in [0.15, 0.2) is 0 Å². The zero-order valence-electron chi connectivity index (χ0n) is 11.0. The molecule has 2 amide bonds. The van der Waals surface area contributed by atoms with Crippen LogP contribution in [0.2, 0.25) is 0 Å². The molecule has 0 unspecified atom stereocenters. The van der Waals surface area contributed by atoms with E-state index in [0.29, 0.717) is 24.5 Å². The highest BCUT2D eigenvalue weighted by atomic mass is 16.5. The summed E-state index contributed by atoms with van der Waals surface area (Å²) in [7, 11) is 0. The Kier molecular flexibility index (Phi) is 5.66. The van der Waals surface area contributed by atoms with Gasteiger partial charge in [-0.25, -0.2) is 9.59 Å². The molecule has 19 heavy (non-hydrogen) atoms. The largest absolute Gasteiger partial charge is 0.494 e. The number of carboxylic acid groups (broad SMARTS) is 1. The van der Waals surface area contributed by atoms with E-state index in [1.165, 1.54) is 0 Å². The number of amides is 2. The van der Waals surface area contributed by atoms with E-state index in [1.54, 1.807) is 31.2 Å². The molecule has 0 aromatic heterocycles. The third-order valence-electron chi connectivity index (χ3n) is 2.41. The molecule has 1 atom stereocenters. The zero-order valence-corrected chi connectivity index (χ0v) is 11.0. The maximum atomic E-state index is 11.6. The molecule has 0 saturated carbocycles. The van der Waals surface area contributed by atoms with Gasteiger partial charge in [0.05, 0.1) is 6.61 Å². The number of benzene rings is 1. The number of nitrogens with one attached hydrogen (secondary N) is 2. The number of rotatable bonds is 6. The van der Waals surface area contributed by atoms with Crippen molar-refractivity contribution in [1.82, 2.24) is 5.32 Å². The minimum atomic E-state index is -1.05. The lowest BCUT2D eigenvalue weighted by atomic mass is 10.2. The molecule has 3 N–H and O–H groups in total. The van der Waals surface area contributed by atoms with Crippen molar-refractivity contribution in [2.75, 3.05) is 11.9 Å². The van der Waals surface area contributed by atoms with Gasteiger partial charge in [-0.2, -0.15) is 0 Å². The van der Waals surface area contributed by atoms with Crippen LogP contribution in [0.3, 0.4) is 0 Å². The summed E-state index contributed by atoms with van der Waals surface area (Å²) in [5.74, 6) is -0.411. The van der Waals surface area contributed by atoms with Crippen molar-refractivity contribution in [2.45, 2.75) is 26.3 Å². The van der Waals surface area contributed by atoms with E-state index in [1.807, 2.05) is 6.92 Å². The quantitative estimate of drug-likeness (QED) is 0.735. The molecule has 1 rings (SSSR count). The molecule has 0 bridgehead atoms. The molecule has 104 valence electrons. The number of hydrogen-bond donors (Lipinski definition) is 3. The molecule has 6 nitrogen and oxygen atoms in total. The van der Waals surface area contributed by atoms with Crippen molar-refractivity contribution in [3.63, 3.8) is 0 Å². The third-order valence-corrected chi connectivity index (χ3v) is 2.41. The predicted molar refractivity (Wildman–Crippen MR) is 71.5 cm³/mol. The van der Waals surface area contributed by atoms with Crippen LogP contribution in [0.15, 0.2) is 24.3 Å². The summed E-state index contributed by atoms with van der Waals surface area (Å²) in [5.41, 5.74) is 0.545. The van der Waals surface area contributed by atoms with Gasteiger partial charge in [0, 0.05) is 11.8 Å². The second-order valence-electron chi connectivity index (χ2n) is 3.86. The molecule has 0 aliphatic carbocycles. The monoisotopic (exact) mass is 266 g/mol. The highest BCUT2D eigenvalue weighted by Gasteiger charge is 2.17. The smallest absolute Gasteiger partial charge is 0.326 e. The van der Waals surface area contributed by atoms with Crippen LogP contribution in [0, 0.1) is 0 Å². The Morgan fingerprint density at radius 3 is 2.68 bits per heavy atom. The van der Waals surface area contributed by atoms with Crippen molar-refractivity contribution in [1.29, 1.82) is 0 Å². The third kappa shape index (κ3) is 4.87. The van der Waals surface area contributed by atoms with Crippen LogP contribution < -0.4 is 15.4 Å². The van der Waals surface area contributed by atoms with E-state index in [0.717, 1.165) is 0 Å². The van der Waals surface area contributed by atoms with Crippen LogP contribution in [-0.4, -0.2) is 29.8 Å². The van der Waals surface area contributed by atoms with Gasteiger partial charge in [-0.15, -0.1) is 0 Å². The van der Waals surface area contributed by atoms with Crippen LogP contribution in [-0.2, 0) is 4.79 Å². The molecule has 1 aromatic rings. The summed E-state index contributed by atoms with van der Waals surface area (Å²) < 4.78 is 5.30. The van der Waals surface area contributed by atoms with Gasteiger partial charge in [0.25, 0.3) is 0 Å². The Balaban J connectivity index is 2.61. The van der Waals surface area contributed by atoms with Crippen molar-refractivity contribution in [3.05, 3.63) is 24.3 Å². The van der Waals surface area contributed by atoms with Gasteiger partial charge >= 0.3 is 12.0 Å². The van der Waals surface area contributed by atoms with E-state index in [9.17, 15) is 9.59 Å². The normalized spacial score (nSPS) is 11.5. The second kappa shape index (κ2) is 7.25. The van der Waals surface area contributed by atoms with Crippen LogP contribution in [0.25, 0.3) is 0 Å². The highest BCUT2D eigenvalue weighted by Crippen LogP contribution is 2.17. The SMILES string of the molecule is CCOc1cccc(NC(=O)N[C@H](CC)C(=O)O)c1. The number of aliphatic carboxylic acids is 1. The van der Waals surface area contributed by atoms with E-state index in [4.69, 9.17) is 9.84 Å². The second-order valence-corrected chi connectivity index (χ2v) is 3.86. The van der Waals surface area contributed by atoms with E-state index < -0.39 is 18.0 Å². The molecule has 0 aliphatic rings. The van der Waals surface area contributed by atoms with Crippen LogP contribution in [0.5, 0.6) is 5.75 Å². The van der Waals surface area contributed by atoms with Crippen LogP contribution in [0.1, 0.15) is 20.3 Å². The van der Waals surface area contributed by atoms with Gasteiger partial charge in [-0.05, 0) is 25.5 Å². The number of carbonyl (C=O) groups excluding carboxylic acids is 1. The first-order valence-corrected chi connectivity index (χ1v) is 6.10. The standard InChI is InChI=1S/C13H18N2O4/c1-3-11(12(16)17)15-13(18)14-9-6-5-7-10(8-9)19-4-2/h5-8,11H,3-4H2,1-2H3,(H,16,17)(H2,14,15,18)/t11-/m1/s1. The minimum Gasteiger partial charge on any atom is -0.494 e. The summed E-state index contributed by atoms with van der Waals surface area (Å²) in [4.78, 5) is 22.4. The molecule has 0 spiro atoms. The lowest BCUT2D eigenvalue weighted by molar-refractivity contribution is -0.139. The predicted octanol–water partition coefficient (Wildman–Crippen LogP) is 2.07. The average molecular weight is 266 g/mol. The molecule has 0 heterocycles. The molecule has 0 radical (unpaired) electrons. The fourth-order valence-electron chi connectivity index (χ4n) is 1.49. The van der Waals surface area contributed by atoms with Gasteiger partial charge in [-0.3, -0.25) is 0 Å².